The molecular weight excluding hydrogens is 146 g/mol. The van der Waals surface area contributed by atoms with Crippen molar-refractivity contribution in [2.75, 3.05) is 0 Å². The molecule has 2 rings (SSSR count). The Bertz CT molecular complexity index is 253. The lowest BCUT2D eigenvalue weighted by molar-refractivity contribution is 0.558. The molecule has 2 aromatic rings. The fraction of sp³-hybridized carbons (Fsp3) is 0. The van der Waals surface area contributed by atoms with E-state index in [0.29, 0.717) is 0 Å². The van der Waals surface area contributed by atoms with Gasteiger partial charge in [-0.25, -0.2) is 4.98 Å². The molecule has 0 N–H and O–H groups in total. The zero-order chi connectivity index (χ0) is 6.81. The van der Waals surface area contributed by atoms with E-state index in [1.54, 1.807) is 17.6 Å². The van der Waals surface area contributed by atoms with E-state index in [0.717, 1.165) is 11.3 Å². The van der Waals surface area contributed by atoms with Gasteiger partial charge in [-0.2, -0.15) is 11.3 Å². The summed E-state index contributed by atoms with van der Waals surface area (Å²) < 4.78 is 4.83. The minimum Gasteiger partial charge on any atom is -0.451 e. The fourth-order valence-corrected chi connectivity index (χ4v) is 1.41. The highest BCUT2D eigenvalue weighted by atomic mass is 32.1. The zero-order valence-electron chi connectivity index (χ0n) is 5.15. The largest absolute Gasteiger partial charge is 0.451 e. The predicted octanol–water partition coefficient (Wildman–Crippen LogP) is 2.40. The fourth-order valence-electron chi connectivity index (χ4n) is 0.765. The van der Waals surface area contributed by atoms with Gasteiger partial charge in [0.25, 0.3) is 0 Å². The summed E-state index contributed by atoms with van der Waals surface area (Å²) in [7, 11) is 0. The van der Waals surface area contributed by atoms with Gasteiger partial charge in [0.1, 0.15) is 12.0 Å². The van der Waals surface area contributed by atoms with Crippen LogP contribution in [-0.4, -0.2) is 4.98 Å². The molecule has 2 nitrogen and oxygen atoms in total. The second kappa shape index (κ2) is 2.27. The van der Waals surface area contributed by atoms with Gasteiger partial charge in [0, 0.05) is 10.9 Å². The van der Waals surface area contributed by atoms with E-state index in [9.17, 15) is 0 Å². The second-order valence-electron chi connectivity index (χ2n) is 1.89. The third-order valence-corrected chi connectivity index (χ3v) is 1.93. The third-order valence-electron chi connectivity index (χ3n) is 1.25. The van der Waals surface area contributed by atoms with Crippen molar-refractivity contribution in [3.8, 4) is 11.3 Å². The maximum atomic E-state index is 4.83. The highest BCUT2D eigenvalue weighted by Gasteiger charge is 1.98. The molecule has 0 atom stereocenters. The SMILES string of the molecule is c1nc(-c2ccsc2)co1. The van der Waals surface area contributed by atoms with Gasteiger partial charge < -0.3 is 4.42 Å². The van der Waals surface area contributed by atoms with Crippen molar-refractivity contribution in [2.45, 2.75) is 0 Å². The van der Waals surface area contributed by atoms with Gasteiger partial charge in [-0.1, -0.05) is 0 Å². The highest BCUT2D eigenvalue weighted by Crippen LogP contribution is 2.18. The van der Waals surface area contributed by atoms with E-state index in [-0.39, 0.29) is 0 Å². The van der Waals surface area contributed by atoms with E-state index < -0.39 is 0 Å². The molecule has 0 radical (unpaired) electrons. The standard InChI is InChI=1S/C7H5NOS/c1-2-10-4-6(1)7-3-9-5-8-7/h1-5H. The number of oxazole rings is 1. The van der Waals surface area contributed by atoms with Gasteiger partial charge in [-0.05, 0) is 11.4 Å². The van der Waals surface area contributed by atoms with Gasteiger partial charge in [0.05, 0.1) is 0 Å². The molecule has 0 spiro atoms. The Morgan fingerprint density at radius 1 is 1.50 bits per heavy atom. The molecule has 0 aliphatic rings. The molecule has 0 aromatic carbocycles. The molecule has 0 aliphatic heterocycles. The van der Waals surface area contributed by atoms with Crippen LogP contribution in [0.4, 0.5) is 0 Å². The van der Waals surface area contributed by atoms with E-state index in [1.807, 2.05) is 16.8 Å². The molecule has 0 saturated heterocycles. The van der Waals surface area contributed by atoms with Crippen molar-refractivity contribution >= 4 is 11.3 Å². The lowest BCUT2D eigenvalue weighted by Gasteiger charge is -1.82. The highest BCUT2D eigenvalue weighted by molar-refractivity contribution is 7.08. The number of aromatic nitrogens is 1. The first-order valence-corrected chi connectivity index (χ1v) is 3.82. The molecule has 0 fully saturated rings. The predicted molar refractivity (Wildman–Crippen MR) is 39.8 cm³/mol. The lowest BCUT2D eigenvalue weighted by Crippen LogP contribution is -1.67. The van der Waals surface area contributed by atoms with Crippen molar-refractivity contribution in [1.82, 2.24) is 4.98 Å². The molecule has 0 aliphatic carbocycles. The van der Waals surface area contributed by atoms with Gasteiger partial charge >= 0.3 is 0 Å². The molecule has 2 aromatic heterocycles. The Kier molecular flexibility index (Phi) is 1.29. The summed E-state index contributed by atoms with van der Waals surface area (Å²) in [5, 5.41) is 4.06. The van der Waals surface area contributed by atoms with Crippen molar-refractivity contribution in [3.63, 3.8) is 0 Å². The molecule has 0 saturated carbocycles. The maximum Gasteiger partial charge on any atom is 0.181 e. The number of hydrogen-bond acceptors (Lipinski definition) is 3. The van der Waals surface area contributed by atoms with Crippen molar-refractivity contribution in [3.05, 3.63) is 29.5 Å². The summed E-state index contributed by atoms with van der Waals surface area (Å²) in [6.07, 6.45) is 3.08. The van der Waals surface area contributed by atoms with Crippen LogP contribution in [0.25, 0.3) is 11.3 Å². The Hall–Kier alpha value is -1.09. The average molecular weight is 151 g/mol. The summed E-state index contributed by atoms with van der Waals surface area (Å²) in [6, 6.07) is 2.02. The van der Waals surface area contributed by atoms with Gasteiger partial charge in [-0.15, -0.1) is 0 Å². The monoisotopic (exact) mass is 151 g/mol. The van der Waals surface area contributed by atoms with Gasteiger partial charge in [0.15, 0.2) is 6.39 Å². The van der Waals surface area contributed by atoms with Crippen LogP contribution in [0.15, 0.2) is 33.9 Å². The summed E-state index contributed by atoms with van der Waals surface area (Å²) in [6.45, 7) is 0. The first-order chi connectivity index (χ1) is 4.97. The van der Waals surface area contributed by atoms with Crippen LogP contribution in [0, 0.1) is 0 Å². The molecule has 3 heteroatoms. The molecule has 50 valence electrons. The number of rotatable bonds is 1. The van der Waals surface area contributed by atoms with Gasteiger partial charge in [-0.3, -0.25) is 0 Å². The Balaban J connectivity index is 2.48. The van der Waals surface area contributed by atoms with Crippen LogP contribution >= 0.6 is 11.3 Å². The van der Waals surface area contributed by atoms with Crippen LogP contribution in [0.3, 0.4) is 0 Å². The van der Waals surface area contributed by atoms with Gasteiger partial charge in [0.2, 0.25) is 0 Å². The molecule has 0 unspecified atom stereocenters. The lowest BCUT2D eigenvalue weighted by atomic mass is 10.3. The Labute approximate surface area is 62.1 Å². The molecule has 10 heavy (non-hydrogen) atoms. The summed E-state index contributed by atoms with van der Waals surface area (Å²) in [5.74, 6) is 0. The normalized spacial score (nSPS) is 10.0. The second-order valence-corrected chi connectivity index (χ2v) is 2.67. The van der Waals surface area contributed by atoms with Crippen LogP contribution in [0.2, 0.25) is 0 Å². The summed E-state index contributed by atoms with van der Waals surface area (Å²) in [4.78, 5) is 4.00. The topological polar surface area (TPSA) is 26.0 Å². The summed E-state index contributed by atoms with van der Waals surface area (Å²) in [5.41, 5.74) is 2.03. The van der Waals surface area contributed by atoms with E-state index in [4.69, 9.17) is 4.42 Å². The van der Waals surface area contributed by atoms with Crippen LogP contribution in [0.1, 0.15) is 0 Å². The van der Waals surface area contributed by atoms with Crippen LogP contribution < -0.4 is 0 Å². The maximum absolute atomic E-state index is 4.83. The van der Waals surface area contributed by atoms with Crippen LogP contribution in [-0.2, 0) is 0 Å². The molecule has 0 bridgehead atoms. The number of nitrogens with zero attached hydrogens (tertiary/aromatic N) is 1. The molecular formula is C7H5NOS. The van der Waals surface area contributed by atoms with Crippen molar-refractivity contribution in [2.24, 2.45) is 0 Å². The van der Waals surface area contributed by atoms with Crippen molar-refractivity contribution < 1.29 is 4.42 Å². The Morgan fingerprint density at radius 3 is 3.10 bits per heavy atom. The number of hydrogen-bond donors (Lipinski definition) is 0. The Morgan fingerprint density at radius 2 is 2.50 bits per heavy atom. The van der Waals surface area contributed by atoms with Crippen LogP contribution in [0.5, 0.6) is 0 Å². The summed E-state index contributed by atoms with van der Waals surface area (Å²) >= 11 is 1.66. The minimum absolute atomic E-state index is 0.904. The molecule has 0 amide bonds. The molecule has 2 heterocycles. The van der Waals surface area contributed by atoms with Crippen molar-refractivity contribution in [1.29, 1.82) is 0 Å². The zero-order valence-corrected chi connectivity index (χ0v) is 5.97. The minimum atomic E-state index is 0.904. The average Bonchev–Trinajstić information content (AvgIpc) is 2.59. The number of thiophene rings is 1. The van der Waals surface area contributed by atoms with E-state index in [2.05, 4.69) is 4.98 Å². The first kappa shape index (κ1) is 5.68. The van der Waals surface area contributed by atoms with E-state index in [1.165, 1.54) is 6.39 Å². The quantitative estimate of drug-likeness (QED) is 0.625. The first-order valence-electron chi connectivity index (χ1n) is 2.87. The smallest absolute Gasteiger partial charge is 0.181 e. The third kappa shape index (κ3) is 0.844. The van der Waals surface area contributed by atoms with E-state index >= 15 is 0 Å².